The SMILES string of the molecule is C=CCOc1ccc(/C(O)=C2/C(=O)C(=O)N(CCN3CCOCC3)C2c2cccc(Oc3ccccc3)c2)cc1C. The quantitative estimate of drug-likeness (QED) is 0.161. The standard InChI is InChI=1S/C33H34N2O6/c1-3-18-40-28-13-12-25(21-23(28)2)31(36)29-30(24-8-7-11-27(22-24)41-26-9-5-4-6-10-26)35(33(38)32(29)37)15-14-34-16-19-39-20-17-34/h3-13,21-22,30,36H,1,14-20H2,2H3/b31-29-. The van der Waals surface area contributed by atoms with Crippen LogP contribution in [0.1, 0.15) is 22.7 Å². The van der Waals surface area contributed by atoms with Gasteiger partial charge in [0.1, 0.15) is 29.6 Å². The summed E-state index contributed by atoms with van der Waals surface area (Å²) in [6, 6.07) is 21.1. The molecular formula is C33H34N2O6. The number of hydrogen-bond acceptors (Lipinski definition) is 7. The van der Waals surface area contributed by atoms with Gasteiger partial charge in [-0.2, -0.15) is 0 Å². The fourth-order valence-corrected chi connectivity index (χ4v) is 5.17. The van der Waals surface area contributed by atoms with Gasteiger partial charge in [0.25, 0.3) is 11.7 Å². The van der Waals surface area contributed by atoms with Crippen LogP contribution in [-0.2, 0) is 14.3 Å². The Morgan fingerprint density at radius 1 is 1.00 bits per heavy atom. The number of carbonyl (C=O) groups is 2. The normalized spacial score (nSPS) is 18.9. The number of aryl methyl sites for hydroxylation is 1. The lowest BCUT2D eigenvalue weighted by atomic mass is 9.94. The van der Waals surface area contributed by atoms with Crippen molar-refractivity contribution in [2.45, 2.75) is 13.0 Å². The molecular weight excluding hydrogens is 520 g/mol. The first-order valence-electron chi connectivity index (χ1n) is 13.7. The zero-order chi connectivity index (χ0) is 28.8. The van der Waals surface area contributed by atoms with Crippen molar-refractivity contribution >= 4 is 17.4 Å². The minimum Gasteiger partial charge on any atom is -0.507 e. The fraction of sp³-hybridized carbons (Fsp3) is 0.273. The minimum atomic E-state index is -0.785. The number of amides is 1. The molecule has 2 fully saturated rings. The van der Waals surface area contributed by atoms with E-state index in [1.54, 1.807) is 29.2 Å². The average Bonchev–Trinajstić information content (AvgIpc) is 3.25. The lowest BCUT2D eigenvalue weighted by molar-refractivity contribution is -0.140. The number of hydrogen-bond donors (Lipinski definition) is 1. The van der Waals surface area contributed by atoms with Gasteiger partial charge in [0.05, 0.1) is 24.8 Å². The van der Waals surface area contributed by atoms with Gasteiger partial charge in [0, 0.05) is 31.7 Å². The molecule has 3 aromatic rings. The van der Waals surface area contributed by atoms with Crippen molar-refractivity contribution in [2.75, 3.05) is 46.0 Å². The number of para-hydroxylation sites is 1. The van der Waals surface area contributed by atoms with Crippen LogP contribution in [0.5, 0.6) is 17.2 Å². The van der Waals surface area contributed by atoms with E-state index < -0.39 is 17.7 Å². The summed E-state index contributed by atoms with van der Waals surface area (Å²) in [6.07, 6.45) is 1.65. The second-order valence-electron chi connectivity index (χ2n) is 10.0. The van der Waals surface area contributed by atoms with Crippen molar-refractivity contribution in [3.63, 3.8) is 0 Å². The van der Waals surface area contributed by atoms with Gasteiger partial charge in [-0.25, -0.2) is 0 Å². The van der Waals surface area contributed by atoms with Crippen LogP contribution in [0.4, 0.5) is 0 Å². The number of aliphatic hydroxyl groups is 1. The first kappa shape index (κ1) is 28.1. The number of nitrogens with zero attached hydrogens (tertiary/aromatic N) is 2. The number of aliphatic hydroxyl groups excluding tert-OH is 1. The van der Waals surface area contributed by atoms with E-state index in [-0.39, 0.29) is 11.3 Å². The number of ketones is 1. The molecule has 0 aromatic heterocycles. The van der Waals surface area contributed by atoms with Crippen LogP contribution in [0.3, 0.4) is 0 Å². The maximum absolute atomic E-state index is 13.5. The number of ether oxygens (including phenoxy) is 3. The molecule has 1 unspecified atom stereocenters. The predicted molar refractivity (Wildman–Crippen MR) is 156 cm³/mol. The number of carbonyl (C=O) groups excluding carboxylic acids is 2. The summed E-state index contributed by atoms with van der Waals surface area (Å²) in [7, 11) is 0. The van der Waals surface area contributed by atoms with Crippen molar-refractivity contribution in [1.82, 2.24) is 9.80 Å². The molecule has 41 heavy (non-hydrogen) atoms. The number of morpholine rings is 1. The number of likely N-dealkylation sites (tertiary alicyclic amines) is 1. The first-order valence-corrected chi connectivity index (χ1v) is 13.7. The number of rotatable bonds is 10. The largest absolute Gasteiger partial charge is 0.507 e. The highest BCUT2D eigenvalue weighted by Gasteiger charge is 2.46. The first-order chi connectivity index (χ1) is 20.0. The van der Waals surface area contributed by atoms with Gasteiger partial charge in [-0.15, -0.1) is 0 Å². The molecule has 2 aliphatic rings. The van der Waals surface area contributed by atoms with Crippen molar-refractivity contribution in [1.29, 1.82) is 0 Å². The third-order valence-corrected chi connectivity index (χ3v) is 7.26. The van der Waals surface area contributed by atoms with Gasteiger partial charge in [0.15, 0.2) is 0 Å². The maximum atomic E-state index is 13.5. The zero-order valence-electron chi connectivity index (χ0n) is 23.1. The number of Topliss-reactive ketones (excluding diaryl/α,β-unsaturated/α-hetero) is 1. The monoisotopic (exact) mass is 554 g/mol. The molecule has 2 aliphatic heterocycles. The van der Waals surface area contributed by atoms with Gasteiger partial charge in [-0.1, -0.05) is 43.0 Å². The van der Waals surface area contributed by atoms with Gasteiger partial charge >= 0.3 is 0 Å². The maximum Gasteiger partial charge on any atom is 0.295 e. The highest BCUT2D eigenvalue weighted by molar-refractivity contribution is 6.46. The summed E-state index contributed by atoms with van der Waals surface area (Å²) in [4.78, 5) is 30.7. The number of benzene rings is 3. The molecule has 8 nitrogen and oxygen atoms in total. The van der Waals surface area contributed by atoms with Gasteiger partial charge in [-0.3, -0.25) is 14.5 Å². The molecule has 5 rings (SSSR count). The Morgan fingerprint density at radius 2 is 1.76 bits per heavy atom. The summed E-state index contributed by atoms with van der Waals surface area (Å²) in [5.74, 6) is 0.298. The molecule has 1 N–H and O–H groups in total. The van der Waals surface area contributed by atoms with Crippen molar-refractivity contribution < 1.29 is 28.9 Å². The molecule has 0 spiro atoms. The third kappa shape index (κ3) is 6.34. The molecule has 0 aliphatic carbocycles. The summed E-state index contributed by atoms with van der Waals surface area (Å²) in [6.45, 7) is 9.57. The van der Waals surface area contributed by atoms with Crippen LogP contribution >= 0.6 is 0 Å². The van der Waals surface area contributed by atoms with Crippen molar-refractivity contribution in [3.8, 4) is 17.2 Å². The second kappa shape index (κ2) is 12.8. The highest BCUT2D eigenvalue weighted by Crippen LogP contribution is 2.41. The molecule has 1 atom stereocenters. The minimum absolute atomic E-state index is 0.0491. The Morgan fingerprint density at radius 3 is 2.49 bits per heavy atom. The van der Waals surface area contributed by atoms with Gasteiger partial charge in [0.2, 0.25) is 0 Å². The van der Waals surface area contributed by atoms with E-state index in [0.29, 0.717) is 61.3 Å². The van der Waals surface area contributed by atoms with Crippen LogP contribution in [-0.4, -0.2) is 72.6 Å². The summed E-state index contributed by atoms with van der Waals surface area (Å²) >= 11 is 0. The average molecular weight is 555 g/mol. The smallest absolute Gasteiger partial charge is 0.295 e. The zero-order valence-corrected chi connectivity index (χ0v) is 23.1. The summed E-state index contributed by atoms with van der Waals surface area (Å²) in [5, 5.41) is 11.5. The fourth-order valence-electron chi connectivity index (χ4n) is 5.17. The lowest BCUT2D eigenvalue weighted by Gasteiger charge is -2.31. The van der Waals surface area contributed by atoms with Crippen LogP contribution in [0, 0.1) is 6.92 Å². The molecule has 1 amide bonds. The molecule has 2 saturated heterocycles. The Kier molecular flexibility index (Phi) is 8.82. The van der Waals surface area contributed by atoms with Crippen LogP contribution < -0.4 is 9.47 Å². The lowest BCUT2D eigenvalue weighted by Crippen LogP contribution is -2.42. The van der Waals surface area contributed by atoms with E-state index in [4.69, 9.17) is 14.2 Å². The molecule has 212 valence electrons. The Balaban J connectivity index is 1.53. The van der Waals surface area contributed by atoms with Crippen molar-refractivity contribution in [3.05, 3.63) is 108 Å². The van der Waals surface area contributed by atoms with Gasteiger partial charge in [-0.05, 0) is 60.5 Å². The Labute approximate surface area is 240 Å². The molecule has 8 heteroatoms. The molecule has 0 saturated carbocycles. The molecule has 3 aromatic carbocycles. The molecule has 2 heterocycles. The van der Waals surface area contributed by atoms with E-state index in [1.165, 1.54) is 0 Å². The van der Waals surface area contributed by atoms with Crippen molar-refractivity contribution in [2.24, 2.45) is 0 Å². The van der Waals surface area contributed by atoms with E-state index >= 15 is 0 Å². The third-order valence-electron chi connectivity index (χ3n) is 7.26. The Bertz CT molecular complexity index is 1450. The summed E-state index contributed by atoms with van der Waals surface area (Å²) in [5.41, 5.74) is 1.94. The van der Waals surface area contributed by atoms with Gasteiger partial charge < -0.3 is 24.2 Å². The van der Waals surface area contributed by atoms with E-state index in [0.717, 1.165) is 18.7 Å². The van der Waals surface area contributed by atoms with Crippen LogP contribution in [0.2, 0.25) is 0 Å². The van der Waals surface area contributed by atoms with Crippen LogP contribution in [0.15, 0.2) is 91.0 Å². The summed E-state index contributed by atoms with van der Waals surface area (Å²) < 4.78 is 17.2. The molecule has 0 bridgehead atoms. The van der Waals surface area contributed by atoms with Crippen LogP contribution in [0.25, 0.3) is 5.76 Å². The predicted octanol–water partition coefficient (Wildman–Crippen LogP) is 5.11. The second-order valence-corrected chi connectivity index (χ2v) is 10.0. The molecule has 0 radical (unpaired) electrons. The van der Waals surface area contributed by atoms with E-state index in [1.807, 2.05) is 61.5 Å². The van der Waals surface area contributed by atoms with E-state index in [9.17, 15) is 14.7 Å². The Hall–Kier alpha value is -4.40. The topological polar surface area (TPSA) is 88.5 Å². The van der Waals surface area contributed by atoms with E-state index in [2.05, 4.69) is 11.5 Å². The highest BCUT2D eigenvalue weighted by atomic mass is 16.5.